The van der Waals surface area contributed by atoms with Gasteiger partial charge in [-0.15, -0.1) is 0 Å². The first-order chi connectivity index (χ1) is 5.18. The molecule has 1 rings (SSSR count). The molecule has 0 atom stereocenters. The van der Waals surface area contributed by atoms with Gasteiger partial charge >= 0.3 is 0 Å². The minimum absolute atomic E-state index is 0.321. The van der Waals surface area contributed by atoms with Crippen LogP contribution in [0.15, 0.2) is 21.2 Å². The van der Waals surface area contributed by atoms with E-state index in [1.807, 2.05) is 6.07 Å². The number of halogens is 2. The molecule has 60 valence electrons. The van der Waals surface area contributed by atoms with Crippen LogP contribution in [0.5, 0.6) is 0 Å². The van der Waals surface area contributed by atoms with Crippen molar-refractivity contribution < 1.29 is 9.21 Å². The van der Waals surface area contributed by atoms with Gasteiger partial charge in [-0.3, -0.25) is 4.79 Å². The molecule has 0 aliphatic rings. The van der Waals surface area contributed by atoms with E-state index in [2.05, 4.69) is 15.9 Å². The highest BCUT2D eigenvalue weighted by Gasteiger charge is 2.01. The van der Waals surface area contributed by atoms with E-state index in [0.717, 1.165) is 5.76 Å². The van der Waals surface area contributed by atoms with Crippen LogP contribution in [0.25, 0.3) is 0 Å². The smallest absolute Gasteiger partial charge is 0.222 e. The van der Waals surface area contributed by atoms with Crippen molar-refractivity contribution in [2.45, 2.75) is 12.8 Å². The fourth-order valence-electron chi connectivity index (χ4n) is 0.708. The molecule has 0 N–H and O–H groups in total. The van der Waals surface area contributed by atoms with Gasteiger partial charge in [0.15, 0.2) is 4.67 Å². The zero-order valence-electron chi connectivity index (χ0n) is 5.64. The number of rotatable bonds is 3. The molecule has 0 saturated heterocycles. The summed E-state index contributed by atoms with van der Waals surface area (Å²) in [6, 6.07) is 3.60. The number of hydrogen-bond acceptors (Lipinski definition) is 2. The molecule has 1 aromatic heterocycles. The van der Waals surface area contributed by atoms with Gasteiger partial charge in [-0.25, -0.2) is 0 Å². The SMILES string of the molecule is O=C(Cl)CCc1ccc(Br)o1. The summed E-state index contributed by atoms with van der Waals surface area (Å²) in [5.41, 5.74) is 0. The van der Waals surface area contributed by atoms with Gasteiger partial charge in [0.1, 0.15) is 5.76 Å². The maximum absolute atomic E-state index is 10.3. The maximum atomic E-state index is 10.3. The van der Waals surface area contributed by atoms with Crippen LogP contribution in [0.2, 0.25) is 0 Å². The molecule has 0 unspecified atom stereocenters. The third-order valence-electron chi connectivity index (χ3n) is 1.20. The van der Waals surface area contributed by atoms with E-state index in [0.29, 0.717) is 17.5 Å². The lowest BCUT2D eigenvalue weighted by atomic mass is 10.3. The zero-order chi connectivity index (χ0) is 8.27. The molecule has 4 heteroatoms. The highest BCUT2D eigenvalue weighted by atomic mass is 79.9. The molecular formula is C7H6BrClO2. The Balaban J connectivity index is 2.45. The Morgan fingerprint density at radius 3 is 2.82 bits per heavy atom. The van der Waals surface area contributed by atoms with Crippen LogP contribution >= 0.6 is 27.5 Å². The molecule has 1 heterocycles. The molecule has 0 fully saturated rings. The van der Waals surface area contributed by atoms with Crippen LogP contribution < -0.4 is 0 Å². The highest BCUT2D eigenvalue weighted by molar-refractivity contribution is 9.10. The Bertz CT molecular complexity index is 257. The molecule has 0 aliphatic heterocycles. The average molecular weight is 237 g/mol. The largest absolute Gasteiger partial charge is 0.454 e. The molecule has 0 radical (unpaired) electrons. The summed E-state index contributed by atoms with van der Waals surface area (Å²) in [7, 11) is 0. The standard InChI is InChI=1S/C7H6BrClO2/c8-6-3-1-5(11-6)2-4-7(9)10/h1,3H,2,4H2. The van der Waals surface area contributed by atoms with Crippen molar-refractivity contribution in [3.05, 3.63) is 22.6 Å². The van der Waals surface area contributed by atoms with Gasteiger partial charge in [-0.05, 0) is 39.7 Å². The third-order valence-corrected chi connectivity index (χ3v) is 1.81. The van der Waals surface area contributed by atoms with Crippen LogP contribution in [0.4, 0.5) is 0 Å². The van der Waals surface area contributed by atoms with Crippen LogP contribution in [0.3, 0.4) is 0 Å². The second kappa shape index (κ2) is 3.93. The van der Waals surface area contributed by atoms with Crippen LogP contribution in [0, 0.1) is 0 Å². The predicted molar refractivity (Wildman–Crippen MR) is 45.6 cm³/mol. The van der Waals surface area contributed by atoms with E-state index in [-0.39, 0.29) is 5.24 Å². The quantitative estimate of drug-likeness (QED) is 0.757. The van der Waals surface area contributed by atoms with Crippen LogP contribution in [-0.4, -0.2) is 5.24 Å². The highest BCUT2D eigenvalue weighted by Crippen LogP contribution is 2.15. The van der Waals surface area contributed by atoms with E-state index in [1.54, 1.807) is 6.07 Å². The van der Waals surface area contributed by atoms with Gasteiger partial charge in [-0.2, -0.15) is 0 Å². The Hall–Kier alpha value is -0.280. The van der Waals surface area contributed by atoms with E-state index in [1.165, 1.54) is 0 Å². The first-order valence-corrected chi connectivity index (χ1v) is 4.28. The fourth-order valence-corrected chi connectivity index (χ4v) is 1.14. The summed E-state index contributed by atoms with van der Waals surface area (Å²) in [6.07, 6.45) is 0.884. The first-order valence-electron chi connectivity index (χ1n) is 3.11. The minimum Gasteiger partial charge on any atom is -0.454 e. The van der Waals surface area contributed by atoms with Crippen LogP contribution in [0.1, 0.15) is 12.2 Å². The Kier molecular flexibility index (Phi) is 3.15. The van der Waals surface area contributed by atoms with Crippen molar-refractivity contribution in [2.75, 3.05) is 0 Å². The molecule has 0 amide bonds. The van der Waals surface area contributed by atoms with Crippen molar-refractivity contribution in [1.29, 1.82) is 0 Å². The van der Waals surface area contributed by atoms with Crippen molar-refractivity contribution in [3.8, 4) is 0 Å². The molecule has 2 nitrogen and oxygen atoms in total. The van der Waals surface area contributed by atoms with Crippen molar-refractivity contribution >= 4 is 32.8 Å². The summed E-state index contributed by atoms with van der Waals surface area (Å²) in [6.45, 7) is 0. The van der Waals surface area contributed by atoms with Gasteiger partial charge in [0.2, 0.25) is 5.24 Å². The maximum Gasteiger partial charge on any atom is 0.222 e. The Morgan fingerprint density at radius 2 is 2.36 bits per heavy atom. The zero-order valence-corrected chi connectivity index (χ0v) is 7.98. The second-order valence-electron chi connectivity index (χ2n) is 2.06. The molecule has 0 spiro atoms. The molecule has 0 aliphatic carbocycles. The molecule has 11 heavy (non-hydrogen) atoms. The minimum atomic E-state index is -0.336. The second-order valence-corrected chi connectivity index (χ2v) is 3.26. The van der Waals surface area contributed by atoms with Crippen LogP contribution in [-0.2, 0) is 11.2 Å². The normalized spacial score (nSPS) is 10.0. The number of carbonyl (C=O) groups is 1. The molecule has 0 saturated carbocycles. The Morgan fingerprint density at radius 1 is 1.64 bits per heavy atom. The van der Waals surface area contributed by atoms with Crippen molar-refractivity contribution in [2.24, 2.45) is 0 Å². The monoisotopic (exact) mass is 236 g/mol. The van der Waals surface area contributed by atoms with Gasteiger partial charge in [-0.1, -0.05) is 0 Å². The number of furan rings is 1. The molecule has 0 aromatic carbocycles. The summed E-state index contributed by atoms with van der Waals surface area (Å²) in [4.78, 5) is 10.3. The summed E-state index contributed by atoms with van der Waals surface area (Å²) in [5.74, 6) is 0.769. The topological polar surface area (TPSA) is 30.2 Å². The van der Waals surface area contributed by atoms with E-state index < -0.39 is 0 Å². The average Bonchev–Trinajstić information content (AvgIpc) is 2.31. The summed E-state index contributed by atoms with van der Waals surface area (Å²) < 4.78 is 5.82. The summed E-state index contributed by atoms with van der Waals surface area (Å²) >= 11 is 8.30. The Labute approximate surface area is 77.7 Å². The van der Waals surface area contributed by atoms with E-state index in [9.17, 15) is 4.79 Å². The van der Waals surface area contributed by atoms with Crippen molar-refractivity contribution in [1.82, 2.24) is 0 Å². The van der Waals surface area contributed by atoms with E-state index >= 15 is 0 Å². The number of carbonyl (C=O) groups excluding carboxylic acids is 1. The van der Waals surface area contributed by atoms with Gasteiger partial charge < -0.3 is 4.42 Å². The van der Waals surface area contributed by atoms with E-state index in [4.69, 9.17) is 16.0 Å². The molecular weight excluding hydrogens is 231 g/mol. The third kappa shape index (κ3) is 3.08. The lowest BCUT2D eigenvalue weighted by molar-refractivity contribution is -0.111. The number of aryl methyl sites for hydroxylation is 1. The predicted octanol–water partition coefficient (Wildman–Crippen LogP) is 2.74. The molecule has 0 bridgehead atoms. The summed E-state index contributed by atoms with van der Waals surface area (Å²) in [5, 5.41) is -0.336. The van der Waals surface area contributed by atoms with Crippen molar-refractivity contribution in [3.63, 3.8) is 0 Å². The van der Waals surface area contributed by atoms with Gasteiger partial charge in [0.25, 0.3) is 0 Å². The molecule has 1 aromatic rings. The lowest BCUT2D eigenvalue weighted by Gasteiger charge is -1.89. The lowest BCUT2D eigenvalue weighted by Crippen LogP contribution is -1.88. The first kappa shape index (κ1) is 8.81. The van der Waals surface area contributed by atoms with Gasteiger partial charge in [0.05, 0.1) is 0 Å². The number of hydrogen-bond donors (Lipinski definition) is 0. The van der Waals surface area contributed by atoms with Gasteiger partial charge in [0, 0.05) is 12.8 Å². The fraction of sp³-hybridized carbons (Fsp3) is 0.286.